The van der Waals surface area contributed by atoms with Crippen molar-refractivity contribution in [2.45, 2.75) is 24.3 Å². The molecule has 0 aliphatic rings. The van der Waals surface area contributed by atoms with Crippen molar-refractivity contribution in [3.05, 3.63) is 24.0 Å². The summed E-state index contributed by atoms with van der Waals surface area (Å²) in [6.07, 6.45) is 5.32. The van der Waals surface area contributed by atoms with E-state index < -0.39 is 21.4 Å². The maximum absolute atomic E-state index is 13.3. The van der Waals surface area contributed by atoms with Crippen LogP contribution in [-0.2, 0) is 10.0 Å². The molecule has 1 aromatic rings. The fourth-order valence-electron chi connectivity index (χ4n) is 1.35. The van der Waals surface area contributed by atoms with Crippen LogP contribution in [0.5, 0.6) is 5.75 Å². The smallest absolute Gasteiger partial charge is 0.244 e. The van der Waals surface area contributed by atoms with E-state index in [1.165, 1.54) is 20.2 Å². The zero-order chi connectivity index (χ0) is 14.8. The second-order valence-corrected chi connectivity index (χ2v) is 6.44. The largest absolute Gasteiger partial charge is 0.494 e. The molecule has 0 aromatic heterocycles. The Kier molecular flexibility index (Phi) is 4.23. The number of nitrogens with zero attached hydrogens (tertiary/aromatic N) is 1. The van der Waals surface area contributed by atoms with Gasteiger partial charge in [-0.2, -0.15) is 4.31 Å². The van der Waals surface area contributed by atoms with Crippen LogP contribution < -0.4 is 4.74 Å². The number of ether oxygens (including phenoxy) is 1. The standard InChI is InChI=1S/C13H16FNO3S/c1-6-13(2,3)15(4)19(16,17)10-7-8-11(14)12(9-10)18-5/h1,7-9H,2-5H3. The molecule has 0 heterocycles. The lowest BCUT2D eigenvalue weighted by atomic mass is 10.1. The molecule has 0 saturated carbocycles. The van der Waals surface area contributed by atoms with Crippen LogP contribution in [0.3, 0.4) is 0 Å². The molecule has 0 amide bonds. The highest BCUT2D eigenvalue weighted by Gasteiger charge is 2.33. The van der Waals surface area contributed by atoms with E-state index in [0.717, 1.165) is 16.4 Å². The van der Waals surface area contributed by atoms with E-state index in [2.05, 4.69) is 5.92 Å². The van der Waals surface area contributed by atoms with E-state index in [9.17, 15) is 12.8 Å². The second-order valence-electron chi connectivity index (χ2n) is 4.47. The van der Waals surface area contributed by atoms with Crippen LogP contribution in [0.25, 0.3) is 0 Å². The molecule has 0 aliphatic carbocycles. The number of hydrogen-bond donors (Lipinski definition) is 0. The number of methoxy groups -OCH3 is 1. The molecular formula is C13H16FNO3S. The lowest BCUT2D eigenvalue weighted by Crippen LogP contribution is -2.43. The van der Waals surface area contributed by atoms with Crippen molar-refractivity contribution in [3.63, 3.8) is 0 Å². The van der Waals surface area contributed by atoms with Gasteiger partial charge in [-0.05, 0) is 26.0 Å². The number of halogens is 1. The van der Waals surface area contributed by atoms with Gasteiger partial charge >= 0.3 is 0 Å². The predicted molar refractivity (Wildman–Crippen MR) is 70.8 cm³/mol. The molecule has 6 heteroatoms. The Morgan fingerprint density at radius 3 is 2.47 bits per heavy atom. The summed E-state index contributed by atoms with van der Waals surface area (Å²) < 4.78 is 43.9. The highest BCUT2D eigenvalue weighted by Crippen LogP contribution is 2.26. The summed E-state index contributed by atoms with van der Waals surface area (Å²) in [5.41, 5.74) is -0.986. The molecule has 0 N–H and O–H groups in total. The van der Waals surface area contributed by atoms with E-state index >= 15 is 0 Å². The third kappa shape index (κ3) is 2.88. The van der Waals surface area contributed by atoms with E-state index in [1.807, 2.05) is 0 Å². The van der Waals surface area contributed by atoms with Crippen LogP contribution in [0.2, 0.25) is 0 Å². The molecule has 0 unspecified atom stereocenters. The Bertz CT molecular complexity index is 617. The molecule has 0 bridgehead atoms. The molecular weight excluding hydrogens is 269 g/mol. The first-order chi connectivity index (χ1) is 8.66. The average molecular weight is 285 g/mol. The number of hydrogen-bond acceptors (Lipinski definition) is 3. The normalized spacial score (nSPS) is 12.3. The van der Waals surface area contributed by atoms with Crippen LogP contribution in [0.1, 0.15) is 13.8 Å². The zero-order valence-electron chi connectivity index (χ0n) is 11.3. The van der Waals surface area contributed by atoms with Crippen molar-refractivity contribution in [1.29, 1.82) is 0 Å². The Labute approximate surface area is 113 Å². The number of terminal acetylenes is 1. The summed E-state index contributed by atoms with van der Waals surface area (Å²) in [4.78, 5) is -0.0726. The Balaban J connectivity index is 3.33. The number of benzene rings is 1. The molecule has 0 atom stereocenters. The average Bonchev–Trinajstić information content (AvgIpc) is 2.38. The van der Waals surface area contributed by atoms with Gasteiger partial charge in [0.1, 0.15) is 0 Å². The third-order valence-electron chi connectivity index (χ3n) is 2.92. The van der Waals surface area contributed by atoms with Gasteiger partial charge in [-0.1, -0.05) is 5.92 Å². The monoisotopic (exact) mass is 285 g/mol. The lowest BCUT2D eigenvalue weighted by Gasteiger charge is -2.29. The number of sulfonamides is 1. The van der Waals surface area contributed by atoms with Crippen molar-refractivity contribution < 1.29 is 17.5 Å². The summed E-state index contributed by atoms with van der Waals surface area (Å²) in [6.45, 7) is 3.20. The molecule has 0 radical (unpaired) electrons. The molecule has 4 nitrogen and oxygen atoms in total. The maximum atomic E-state index is 13.3. The van der Waals surface area contributed by atoms with E-state index in [-0.39, 0.29) is 10.6 Å². The van der Waals surface area contributed by atoms with Gasteiger partial charge in [0.15, 0.2) is 11.6 Å². The third-order valence-corrected chi connectivity index (χ3v) is 4.95. The first kappa shape index (κ1) is 15.5. The summed E-state index contributed by atoms with van der Waals surface area (Å²) >= 11 is 0. The Morgan fingerprint density at radius 1 is 1.42 bits per heavy atom. The van der Waals surface area contributed by atoms with Crippen LogP contribution in [0.15, 0.2) is 23.1 Å². The summed E-state index contributed by atoms with van der Waals surface area (Å²) in [6, 6.07) is 3.35. The molecule has 19 heavy (non-hydrogen) atoms. The zero-order valence-corrected chi connectivity index (χ0v) is 12.1. The highest BCUT2D eigenvalue weighted by molar-refractivity contribution is 7.89. The first-order valence-corrected chi connectivity index (χ1v) is 6.91. The van der Waals surface area contributed by atoms with Gasteiger partial charge in [-0.3, -0.25) is 0 Å². The lowest BCUT2D eigenvalue weighted by molar-refractivity contribution is 0.340. The summed E-state index contributed by atoms with van der Waals surface area (Å²) in [7, 11) is -1.17. The highest BCUT2D eigenvalue weighted by atomic mass is 32.2. The van der Waals surface area contributed by atoms with Gasteiger partial charge in [-0.15, -0.1) is 6.42 Å². The van der Waals surface area contributed by atoms with E-state index in [1.54, 1.807) is 13.8 Å². The van der Waals surface area contributed by atoms with Gasteiger partial charge in [-0.25, -0.2) is 12.8 Å². The van der Waals surface area contributed by atoms with Crippen LogP contribution >= 0.6 is 0 Å². The van der Waals surface area contributed by atoms with Crippen molar-refractivity contribution in [1.82, 2.24) is 4.31 Å². The quantitative estimate of drug-likeness (QED) is 0.793. The first-order valence-electron chi connectivity index (χ1n) is 5.47. The van der Waals surface area contributed by atoms with E-state index in [0.29, 0.717) is 0 Å². The minimum atomic E-state index is -3.81. The summed E-state index contributed by atoms with van der Waals surface area (Å²) in [5.74, 6) is 1.64. The minimum Gasteiger partial charge on any atom is -0.494 e. The minimum absolute atomic E-state index is 0.0726. The topological polar surface area (TPSA) is 46.6 Å². The Morgan fingerprint density at radius 2 is 2.00 bits per heavy atom. The van der Waals surface area contributed by atoms with Crippen LogP contribution in [-0.4, -0.2) is 32.4 Å². The predicted octanol–water partition coefficient (Wildman–Crippen LogP) is 1.87. The molecule has 0 fully saturated rings. The second kappa shape index (κ2) is 5.19. The van der Waals surface area contributed by atoms with Crippen molar-refractivity contribution in [2.75, 3.05) is 14.2 Å². The fourth-order valence-corrected chi connectivity index (χ4v) is 2.82. The molecule has 1 aromatic carbocycles. The molecule has 104 valence electrons. The molecule has 0 spiro atoms. The van der Waals surface area contributed by atoms with Gasteiger partial charge in [0.2, 0.25) is 10.0 Å². The van der Waals surface area contributed by atoms with Gasteiger partial charge in [0, 0.05) is 13.1 Å². The van der Waals surface area contributed by atoms with Crippen molar-refractivity contribution >= 4 is 10.0 Å². The number of rotatable bonds is 4. The van der Waals surface area contributed by atoms with Gasteiger partial charge < -0.3 is 4.74 Å². The Hall–Kier alpha value is -1.58. The summed E-state index contributed by atoms with van der Waals surface area (Å²) in [5, 5.41) is 0. The molecule has 0 aliphatic heterocycles. The SMILES string of the molecule is C#CC(C)(C)N(C)S(=O)(=O)c1ccc(F)c(OC)c1. The maximum Gasteiger partial charge on any atom is 0.244 e. The van der Waals surface area contributed by atoms with Crippen molar-refractivity contribution in [3.8, 4) is 18.1 Å². The van der Waals surface area contributed by atoms with Gasteiger partial charge in [0.05, 0.1) is 17.5 Å². The van der Waals surface area contributed by atoms with Crippen LogP contribution in [0, 0.1) is 18.2 Å². The van der Waals surface area contributed by atoms with Gasteiger partial charge in [0.25, 0.3) is 0 Å². The molecule has 1 rings (SSSR count). The van der Waals surface area contributed by atoms with E-state index in [4.69, 9.17) is 11.2 Å². The molecule has 0 saturated heterocycles. The van der Waals surface area contributed by atoms with Crippen LogP contribution in [0.4, 0.5) is 4.39 Å². The van der Waals surface area contributed by atoms with Crippen molar-refractivity contribution in [2.24, 2.45) is 0 Å². The fraction of sp³-hybridized carbons (Fsp3) is 0.385.